The van der Waals surface area contributed by atoms with Gasteiger partial charge < -0.3 is 4.55 Å². The van der Waals surface area contributed by atoms with Gasteiger partial charge >= 0.3 is 0 Å². The molecule has 0 unspecified atom stereocenters. The molecule has 0 bridgehead atoms. The average molecular weight is 203 g/mol. The van der Waals surface area contributed by atoms with E-state index in [4.69, 9.17) is 0 Å². The summed E-state index contributed by atoms with van der Waals surface area (Å²) in [6, 6.07) is 0. The molecule has 0 atom stereocenters. The van der Waals surface area contributed by atoms with Crippen molar-refractivity contribution in [2.45, 2.75) is 0 Å². The van der Waals surface area contributed by atoms with Gasteiger partial charge in [-0.1, -0.05) is 0 Å². The van der Waals surface area contributed by atoms with Gasteiger partial charge in [-0.25, -0.2) is 12.9 Å². The van der Waals surface area contributed by atoms with Crippen LogP contribution in [0.1, 0.15) is 0 Å². The molecule has 0 aromatic carbocycles. The van der Waals surface area contributed by atoms with E-state index < -0.39 is 15.9 Å². The van der Waals surface area contributed by atoms with Gasteiger partial charge in [-0.05, 0) is 19.7 Å². The van der Waals surface area contributed by atoms with Crippen LogP contribution in [0.5, 0.6) is 0 Å². The van der Waals surface area contributed by atoms with Crippen LogP contribution >= 0.6 is 0 Å². The summed E-state index contributed by atoms with van der Waals surface area (Å²) in [5.74, 6) is -0.461. The number of nitrogens with zero attached hydrogens (tertiary/aromatic N) is 1. The Bertz CT molecular complexity index is 284. The number of rotatable bonds is 6. The Kier molecular flexibility index (Phi) is 4.06. The Morgan fingerprint density at radius 1 is 1.15 bits per heavy atom. The first-order valence-corrected chi connectivity index (χ1v) is 5.18. The molecule has 0 saturated carbocycles. The second-order valence-electron chi connectivity index (χ2n) is 2.53. The standard InChI is InChI=1S/C8H13NO3S/c1-4-9(5-2,6-3)7-8-13(10,11)12/h4-6H,1-3,7-8H2. The second-order valence-corrected chi connectivity index (χ2v) is 4.05. The van der Waals surface area contributed by atoms with Gasteiger partial charge in [0, 0.05) is 0 Å². The molecule has 0 aliphatic heterocycles. The summed E-state index contributed by atoms with van der Waals surface area (Å²) in [4.78, 5) is 0. The lowest BCUT2D eigenvalue weighted by atomic mass is 10.5. The molecule has 0 saturated heterocycles. The number of quaternary nitrogens is 1. The lowest BCUT2D eigenvalue weighted by Crippen LogP contribution is -2.34. The van der Waals surface area contributed by atoms with E-state index in [1.807, 2.05) is 0 Å². The minimum Gasteiger partial charge on any atom is -0.748 e. The van der Waals surface area contributed by atoms with E-state index in [-0.39, 0.29) is 11.0 Å². The summed E-state index contributed by atoms with van der Waals surface area (Å²) in [5, 5.41) is 0. The molecule has 74 valence electrons. The van der Waals surface area contributed by atoms with Crippen LogP contribution in [0.2, 0.25) is 0 Å². The van der Waals surface area contributed by atoms with Crippen LogP contribution in [-0.4, -0.2) is 29.8 Å². The molecule has 0 fully saturated rings. The zero-order valence-corrected chi connectivity index (χ0v) is 8.16. The molecule has 0 N–H and O–H groups in total. The summed E-state index contributed by atoms with van der Waals surface area (Å²) in [6.45, 7) is 10.6. The van der Waals surface area contributed by atoms with Gasteiger partial charge in [0.1, 0.15) is 16.7 Å². The van der Waals surface area contributed by atoms with Crippen molar-refractivity contribution in [2.75, 3.05) is 12.3 Å². The third-order valence-electron chi connectivity index (χ3n) is 1.75. The highest BCUT2D eigenvalue weighted by Gasteiger charge is 2.17. The average Bonchev–Trinajstić information content (AvgIpc) is 2.06. The van der Waals surface area contributed by atoms with Gasteiger partial charge in [-0.2, -0.15) is 0 Å². The third kappa shape index (κ3) is 4.02. The molecule has 0 radical (unpaired) electrons. The molecule has 0 amide bonds. The van der Waals surface area contributed by atoms with Crippen LogP contribution in [0.4, 0.5) is 0 Å². The molecular formula is C8H13NO3S. The van der Waals surface area contributed by atoms with E-state index in [9.17, 15) is 13.0 Å². The van der Waals surface area contributed by atoms with Crippen molar-refractivity contribution in [1.82, 2.24) is 0 Å². The van der Waals surface area contributed by atoms with Crippen LogP contribution in [0.25, 0.3) is 0 Å². The van der Waals surface area contributed by atoms with Gasteiger partial charge in [0.25, 0.3) is 0 Å². The first-order chi connectivity index (χ1) is 5.89. The van der Waals surface area contributed by atoms with Crippen molar-refractivity contribution < 1.29 is 17.5 Å². The molecule has 13 heavy (non-hydrogen) atoms. The zero-order valence-electron chi connectivity index (χ0n) is 7.35. The quantitative estimate of drug-likeness (QED) is 0.473. The molecule has 0 aliphatic rings. The normalized spacial score (nSPS) is 12.1. The van der Waals surface area contributed by atoms with E-state index in [0.717, 1.165) is 0 Å². The maximum atomic E-state index is 10.4. The monoisotopic (exact) mass is 203 g/mol. The summed E-state index contributed by atoms with van der Waals surface area (Å²) >= 11 is 0. The SMILES string of the molecule is C=C[N+](C=C)(C=C)CCS(=O)(=O)[O-]. The molecule has 0 aromatic rings. The molecule has 4 nitrogen and oxygen atoms in total. The minimum absolute atomic E-state index is 0.00146. The minimum atomic E-state index is -4.20. The molecule has 5 heteroatoms. The smallest absolute Gasteiger partial charge is 0.104 e. The predicted octanol–water partition coefficient (Wildman–Crippen LogP) is 0.779. The Hall–Kier alpha value is -0.910. The summed E-state index contributed by atoms with van der Waals surface area (Å²) in [7, 11) is -4.20. The van der Waals surface area contributed by atoms with E-state index >= 15 is 0 Å². The van der Waals surface area contributed by atoms with Crippen LogP contribution in [0.15, 0.2) is 38.3 Å². The van der Waals surface area contributed by atoms with Crippen LogP contribution in [-0.2, 0) is 10.1 Å². The van der Waals surface area contributed by atoms with Crippen molar-refractivity contribution >= 4 is 10.1 Å². The van der Waals surface area contributed by atoms with E-state index in [0.29, 0.717) is 0 Å². The van der Waals surface area contributed by atoms with Crippen LogP contribution < -0.4 is 0 Å². The summed E-state index contributed by atoms with van der Waals surface area (Å²) in [6.07, 6.45) is 4.39. The summed E-state index contributed by atoms with van der Waals surface area (Å²) in [5.41, 5.74) is 0. The predicted molar refractivity (Wildman–Crippen MR) is 50.3 cm³/mol. The first-order valence-electron chi connectivity index (χ1n) is 3.60. The summed E-state index contributed by atoms with van der Waals surface area (Å²) < 4.78 is 31.1. The lowest BCUT2D eigenvalue weighted by molar-refractivity contribution is -0.769. The van der Waals surface area contributed by atoms with Crippen molar-refractivity contribution in [2.24, 2.45) is 0 Å². The van der Waals surface area contributed by atoms with Gasteiger partial charge in [-0.3, -0.25) is 0 Å². The zero-order chi connectivity index (χ0) is 10.5. The van der Waals surface area contributed by atoms with Crippen molar-refractivity contribution in [3.05, 3.63) is 38.3 Å². The fourth-order valence-electron chi connectivity index (χ4n) is 0.767. The molecule has 0 aromatic heterocycles. The first kappa shape index (κ1) is 12.1. The highest BCUT2D eigenvalue weighted by Crippen LogP contribution is 2.09. The molecule has 0 spiro atoms. The Morgan fingerprint density at radius 3 is 1.77 bits per heavy atom. The fourth-order valence-corrected chi connectivity index (χ4v) is 1.31. The van der Waals surface area contributed by atoms with Crippen LogP contribution in [0.3, 0.4) is 0 Å². The fraction of sp³-hybridized carbons (Fsp3) is 0.250. The van der Waals surface area contributed by atoms with Gasteiger partial charge in [0.2, 0.25) is 0 Å². The van der Waals surface area contributed by atoms with Gasteiger partial charge in [0.05, 0.1) is 24.4 Å². The highest BCUT2D eigenvalue weighted by molar-refractivity contribution is 7.85. The van der Waals surface area contributed by atoms with E-state index in [1.54, 1.807) is 0 Å². The molecular weight excluding hydrogens is 190 g/mol. The maximum absolute atomic E-state index is 10.4. The Balaban J connectivity index is 4.54. The third-order valence-corrected chi connectivity index (χ3v) is 2.43. The maximum Gasteiger partial charge on any atom is 0.104 e. The van der Waals surface area contributed by atoms with Crippen molar-refractivity contribution in [3.8, 4) is 0 Å². The Morgan fingerprint density at radius 2 is 1.54 bits per heavy atom. The molecule has 0 heterocycles. The van der Waals surface area contributed by atoms with Crippen LogP contribution in [0, 0.1) is 0 Å². The van der Waals surface area contributed by atoms with E-state index in [1.165, 1.54) is 18.6 Å². The molecule has 0 aliphatic carbocycles. The number of hydrogen-bond acceptors (Lipinski definition) is 3. The highest BCUT2D eigenvalue weighted by atomic mass is 32.2. The second kappa shape index (κ2) is 4.36. The van der Waals surface area contributed by atoms with Gasteiger partial charge in [-0.15, -0.1) is 0 Å². The number of hydrogen-bond donors (Lipinski definition) is 0. The lowest BCUT2D eigenvalue weighted by Gasteiger charge is -2.25. The molecule has 0 rings (SSSR count). The largest absolute Gasteiger partial charge is 0.748 e. The van der Waals surface area contributed by atoms with Crippen molar-refractivity contribution in [3.63, 3.8) is 0 Å². The Labute approximate surface area is 78.8 Å². The van der Waals surface area contributed by atoms with E-state index in [2.05, 4.69) is 19.7 Å². The topological polar surface area (TPSA) is 57.2 Å². The van der Waals surface area contributed by atoms with Crippen molar-refractivity contribution in [1.29, 1.82) is 0 Å². The van der Waals surface area contributed by atoms with Gasteiger partial charge in [0.15, 0.2) is 0 Å².